The van der Waals surface area contributed by atoms with Crippen molar-refractivity contribution >= 4 is 5.96 Å². The van der Waals surface area contributed by atoms with E-state index in [4.69, 9.17) is 9.26 Å². The molecule has 0 spiro atoms. The van der Waals surface area contributed by atoms with Crippen molar-refractivity contribution in [3.05, 3.63) is 52.9 Å². The molecule has 0 fully saturated rings. The molecular formula is C18H26N4O2. The topological polar surface area (TPSA) is 71.7 Å². The highest BCUT2D eigenvalue weighted by Crippen LogP contribution is 2.11. The van der Waals surface area contributed by atoms with Gasteiger partial charge in [0.1, 0.15) is 5.76 Å². The van der Waals surface area contributed by atoms with Crippen molar-refractivity contribution < 1.29 is 9.26 Å². The lowest BCUT2D eigenvalue weighted by atomic mass is 10.1. The van der Waals surface area contributed by atoms with Crippen molar-refractivity contribution in [1.29, 1.82) is 0 Å². The zero-order valence-electron chi connectivity index (χ0n) is 14.6. The maximum atomic E-state index is 5.64. The maximum absolute atomic E-state index is 5.64. The minimum Gasteiger partial charge on any atom is -0.375 e. The Hall–Kier alpha value is -2.34. The minimum absolute atomic E-state index is 0.624. The second kappa shape index (κ2) is 9.72. The summed E-state index contributed by atoms with van der Waals surface area (Å²) < 4.78 is 10.8. The number of aliphatic imine (C=N–C) groups is 1. The third-order valence-electron chi connectivity index (χ3n) is 3.72. The number of aryl methyl sites for hydroxylation is 2. The highest BCUT2D eigenvalue weighted by molar-refractivity contribution is 5.79. The monoisotopic (exact) mass is 330 g/mol. The van der Waals surface area contributed by atoms with Gasteiger partial charge in [-0.25, -0.2) is 0 Å². The van der Waals surface area contributed by atoms with Crippen LogP contribution in [-0.2, 0) is 17.8 Å². The van der Waals surface area contributed by atoms with E-state index < -0.39 is 0 Å². The van der Waals surface area contributed by atoms with E-state index in [0.29, 0.717) is 19.8 Å². The van der Waals surface area contributed by atoms with Crippen LogP contribution in [0.4, 0.5) is 0 Å². The first-order chi connectivity index (χ1) is 11.7. The van der Waals surface area contributed by atoms with E-state index >= 15 is 0 Å². The number of benzene rings is 1. The quantitative estimate of drug-likeness (QED) is 0.441. The number of rotatable bonds is 8. The fourth-order valence-corrected chi connectivity index (χ4v) is 2.39. The molecule has 0 bridgehead atoms. The van der Waals surface area contributed by atoms with Gasteiger partial charge in [0, 0.05) is 25.7 Å². The lowest BCUT2D eigenvalue weighted by molar-refractivity contribution is 0.125. The van der Waals surface area contributed by atoms with E-state index in [9.17, 15) is 0 Å². The number of guanidine groups is 1. The third kappa shape index (κ3) is 5.70. The molecule has 24 heavy (non-hydrogen) atoms. The van der Waals surface area contributed by atoms with Crippen LogP contribution >= 0.6 is 0 Å². The Kier molecular flexibility index (Phi) is 7.29. The molecule has 2 aromatic rings. The van der Waals surface area contributed by atoms with E-state index in [2.05, 4.69) is 32.9 Å². The van der Waals surface area contributed by atoms with Crippen LogP contribution in [0.25, 0.3) is 0 Å². The molecule has 0 saturated carbocycles. The summed E-state index contributed by atoms with van der Waals surface area (Å²) in [5.41, 5.74) is 3.29. The zero-order chi connectivity index (χ0) is 17.2. The lowest BCUT2D eigenvalue weighted by Gasteiger charge is -2.12. The van der Waals surface area contributed by atoms with Crippen LogP contribution in [-0.4, -0.2) is 37.9 Å². The Labute approximate surface area is 143 Å². The molecule has 1 aromatic heterocycles. The number of aromatic nitrogens is 1. The fourth-order valence-electron chi connectivity index (χ4n) is 2.39. The molecule has 0 saturated heterocycles. The van der Waals surface area contributed by atoms with Gasteiger partial charge in [0.15, 0.2) is 5.96 Å². The summed E-state index contributed by atoms with van der Waals surface area (Å²) in [6.45, 7) is 6.63. The minimum atomic E-state index is 0.624. The van der Waals surface area contributed by atoms with E-state index in [1.807, 2.05) is 32.0 Å². The summed E-state index contributed by atoms with van der Waals surface area (Å²) in [5, 5.41) is 10.5. The van der Waals surface area contributed by atoms with Gasteiger partial charge in [0.25, 0.3) is 0 Å². The average molecular weight is 330 g/mol. The molecule has 130 valence electrons. The third-order valence-corrected chi connectivity index (χ3v) is 3.72. The predicted octanol–water partition coefficient (Wildman–Crippen LogP) is 2.22. The summed E-state index contributed by atoms with van der Waals surface area (Å²) >= 11 is 0. The summed E-state index contributed by atoms with van der Waals surface area (Å²) in [6.07, 6.45) is 0.854. The van der Waals surface area contributed by atoms with Gasteiger partial charge in [-0.3, -0.25) is 4.99 Å². The summed E-state index contributed by atoms with van der Waals surface area (Å²) in [7, 11) is 1.76. The number of hydrogen-bond donors (Lipinski definition) is 2. The molecule has 1 heterocycles. The number of hydrogen-bond acceptors (Lipinski definition) is 4. The maximum Gasteiger partial charge on any atom is 0.191 e. The van der Waals surface area contributed by atoms with E-state index in [1.165, 1.54) is 5.56 Å². The Bertz CT molecular complexity index is 618. The molecule has 0 aliphatic carbocycles. The van der Waals surface area contributed by atoms with Gasteiger partial charge in [0.2, 0.25) is 0 Å². The van der Waals surface area contributed by atoms with Crippen LogP contribution in [0.2, 0.25) is 0 Å². The molecule has 6 heteroatoms. The van der Waals surface area contributed by atoms with Gasteiger partial charge in [-0.1, -0.05) is 35.5 Å². The van der Waals surface area contributed by atoms with Crippen LogP contribution in [0.1, 0.15) is 22.6 Å². The molecule has 1 aromatic carbocycles. The normalized spacial score (nSPS) is 11.5. The summed E-state index contributed by atoms with van der Waals surface area (Å²) in [5.74, 6) is 1.65. The highest BCUT2D eigenvalue weighted by atomic mass is 16.5. The van der Waals surface area contributed by atoms with Crippen molar-refractivity contribution in [2.24, 2.45) is 4.99 Å². The lowest BCUT2D eigenvalue weighted by Crippen LogP contribution is -2.39. The molecule has 2 N–H and O–H groups in total. The molecule has 0 aliphatic heterocycles. The number of nitrogens with zero attached hydrogens (tertiary/aromatic N) is 2. The van der Waals surface area contributed by atoms with Crippen LogP contribution in [0.5, 0.6) is 0 Å². The second-order valence-corrected chi connectivity index (χ2v) is 5.52. The van der Waals surface area contributed by atoms with Crippen molar-refractivity contribution in [3.63, 3.8) is 0 Å². The Morgan fingerprint density at radius 3 is 2.58 bits per heavy atom. The molecule has 0 atom stereocenters. The highest BCUT2D eigenvalue weighted by Gasteiger charge is 2.08. The van der Waals surface area contributed by atoms with Crippen LogP contribution in [0, 0.1) is 13.8 Å². The predicted molar refractivity (Wildman–Crippen MR) is 95.1 cm³/mol. The molecule has 0 unspecified atom stereocenters. The Morgan fingerprint density at radius 2 is 1.92 bits per heavy atom. The largest absolute Gasteiger partial charge is 0.375 e. The van der Waals surface area contributed by atoms with Crippen molar-refractivity contribution in [2.45, 2.75) is 26.9 Å². The van der Waals surface area contributed by atoms with Crippen molar-refractivity contribution in [1.82, 2.24) is 15.8 Å². The standard InChI is InChI=1S/C18H26N4O2/c1-14-17(15(2)24-22-14)9-10-20-18(19-3)21-11-12-23-13-16-7-5-4-6-8-16/h4-8H,9-13H2,1-3H3,(H2,19,20,21). The molecular weight excluding hydrogens is 304 g/mol. The van der Waals surface area contributed by atoms with E-state index in [-0.39, 0.29) is 0 Å². The number of ether oxygens (including phenoxy) is 1. The Morgan fingerprint density at radius 1 is 1.17 bits per heavy atom. The van der Waals surface area contributed by atoms with Gasteiger partial charge in [0.05, 0.1) is 18.9 Å². The van der Waals surface area contributed by atoms with E-state index in [0.717, 1.165) is 35.9 Å². The number of nitrogens with one attached hydrogen (secondary N) is 2. The van der Waals surface area contributed by atoms with Gasteiger partial charge in [-0.15, -0.1) is 0 Å². The second-order valence-electron chi connectivity index (χ2n) is 5.52. The first kappa shape index (κ1) is 18.0. The Balaban J connectivity index is 1.60. The van der Waals surface area contributed by atoms with Gasteiger partial charge >= 0.3 is 0 Å². The molecule has 2 rings (SSSR count). The van der Waals surface area contributed by atoms with Crippen LogP contribution in [0.3, 0.4) is 0 Å². The first-order valence-electron chi connectivity index (χ1n) is 8.18. The smallest absolute Gasteiger partial charge is 0.191 e. The SMILES string of the molecule is CN=C(NCCOCc1ccccc1)NCCc1c(C)noc1C. The summed E-state index contributed by atoms with van der Waals surface area (Å²) in [6, 6.07) is 10.2. The van der Waals surface area contributed by atoms with Gasteiger partial charge in [-0.05, 0) is 25.8 Å². The summed E-state index contributed by atoms with van der Waals surface area (Å²) in [4.78, 5) is 4.21. The molecule has 6 nitrogen and oxygen atoms in total. The van der Waals surface area contributed by atoms with Gasteiger partial charge in [-0.2, -0.15) is 0 Å². The fraction of sp³-hybridized carbons (Fsp3) is 0.444. The molecule has 0 amide bonds. The molecule has 0 aliphatic rings. The first-order valence-corrected chi connectivity index (χ1v) is 8.18. The zero-order valence-corrected chi connectivity index (χ0v) is 14.6. The van der Waals surface area contributed by atoms with Crippen LogP contribution < -0.4 is 10.6 Å². The van der Waals surface area contributed by atoms with Gasteiger partial charge < -0.3 is 19.9 Å². The van der Waals surface area contributed by atoms with Crippen LogP contribution in [0.15, 0.2) is 39.8 Å². The molecule has 0 radical (unpaired) electrons. The van der Waals surface area contributed by atoms with E-state index in [1.54, 1.807) is 7.05 Å². The van der Waals surface area contributed by atoms with Crippen molar-refractivity contribution in [3.8, 4) is 0 Å². The van der Waals surface area contributed by atoms with Crippen molar-refractivity contribution in [2.75, 3.05) is 26.7 Å². The average Bonchev–Trinajstić information content (AvgIpc) is 2.92.